The average Bonchev–Trinajstić information content (AvgIpc) is 2.93. The van der Waals surface area contributed by atoms with Gasteiger partial charge < -0.3 is 10.2 Å². The van der Waals surface area contributed by atoms with Crippen LogP contribution in [0.3, 0.4) is 0 Å². The highest BCUT2D eigenvalue weighted by Crippen LogP contribution is 2.39. The Hall–Kier alpha value is -1.09. The second kappa shape index (κ2) is 7.07. The third-order valence-corrected chi connectivity index (χ3v) is 4.51. The first kappa shape index (κ1) is 15.3. The van der Waals surface area contributed by atoms with Crippen molar-refractivity contribution in [3.63, 3.8) is 0 Å². The minimum atomic E-state index is -0.159. The lowest BCUT2D eigenvalue weighted by molar-refractivity contribution is 0.286. The maximum atomic E-state index is 13.1. The molecule has 0 amide bonds. The Bertz CT molecular complexity index is 396. The molecule has 1 fully saturated rings. The molecule has 0 radical (unpaired) electrons. The number of nitrogens with zero attached hydrogens (tertiary/aromatic N) is 1. The molecule has 1 aliphatic rings. The predicted molar refractivity (Wildman–Crippen MR) is 83.7 cm³/mol. The Morgan fingerprint density at radius 2 is 1.80 bits per heavy atom. The van der Waals surface area contributed by atoms with Crippen molar-refractivity contribution in [1.29, 1.82) is 0 Å². The van der Waals surface area contributed by atoms with Gasteiger partial charge in [0.25, 0.3) is 0 Å². The fourth-order valence-corrected chi connectivity index (χ4v) is 3.35. The number of nitrogens with one attached hydrogen (secondary N) is 1. The summed E-state index contributed by atoms with van der Waals surface area (Å²) in [7, 11) is 0. The van der Waals surface area contributed by atoms with Gasteiger partial charge in [0.15, 0.2) is 0 Å². The largest absolute Gasteiger partial charge is 0.371 e. The summed E-state index contributed by atoms with van der Waals surface area (Å²) in [5.41, 5.74) is 1.53. The van der Waals surface area contributed by atoms with E-state index in [4.69, 9.17) is 0 Å². The van der Waals surface area contributed by atoms with Crippen molar-refractivity contribution >= 4 is 5.69 Å². The number of rotatable bonds is 7. The van der Waals surface area contributed by atoms with Crippen molar-refractivity contribution in [2.75, 3.05) is 31.1 Å². The molecule has 1 aromatic carbocycles. The van der Waals surface area contributed by atoms with Gasteiger partial charge in [-0.2, -0.15) is 0 Å². The van der Waals surface area contributed by atoms with Crippen LogP contribution in [-0.2, 0) is 0 Å². The molecule has 2 rings (SSSR count). The fourth-order valence-electron chi connectivity index (χ4n) is 3.35. The van der Waals surface area contributed by atoms with Crippen LogP contribution in [0.2, 0.25) is 0 Å². The number of hydrogen-bond donors (Lipinski definition) is 1. The highest BCUT2D eigenvalue weighted by atomic mass is 19.1. The molecular weight excluding hydrogens is 251 g/mol. The van der Waals surface area contributed by atoms with E-state index in [-0.39, 0.29) is 5.82 Å². The summed E-state index contributed by atoms with van der Waals surface area (Å²) in [5.74, 6) is -0.159. The van der Waals surface area contributed by atoms with Gasteiger partial charge in [0.2, 0.25) is 0 Å². The topological polar surface area (TPSA) is 15.3 Å². The molecule has 0 saturated heterocycles. The second-order valence-electron chi connectivity index (χ2n) is 5.98. The molecule has 1 aliphatic carbocycles. The van der Waals surface area contributed by atoms with E-state index in [1.165, 1.54) is 25.7 Å². The summed E-state index contributed by atoms with van der Waals surface area (Å²) in [5, 5.41) is 3.53. The highest BCUT2D eigenvalue weighted by molar-refractivity contribution is 5.46. The summed E-state index contributed by atoms with van der Waals surface area (Å²) >= 11 is 0. The van der Waals surface area contributed by atoms with Gasteiger partial charge >= 0.3 is 0 Å². The van der Waals surface area contributed by atoms with E-state index in [1.807, 2.05) is 12.1 Å². The minimum Gasteiger partial charge on any atom is -0.371 e. The third kappa shape index (κ3) is 3.72. The van der Waals surface area contributed by atoms with Gasteiger partial charge in [-0.1, -0.05) is 19.8 Å². The van der Waals surface area contributed by atoms with E-state index in [2.05, 4.69) is 24.1 Å². The lowest BCUT2D eigenvalue weighted by Crippen LogP contribution is -2.42. The Labute approximate surface area is 122 Å². The number of anilines is 1. The monoisotopic (exact) mass is 278 g/mol. The maximum absolute atomic E-state index is 13.1. The molecule has 0 spiro atoms. The smallest absolute Gasteiger partial charge is 0.123 e. The SMILES string of the molecule is CCNCC1(CN(CC)c2ccc(F)cc2)CCCC1. The first-order chi connectivity index (χ1) is 9.69. The molecule has 3 heteroatoms. The Morgan fingerprint density at radius 1 is 1.15 bits per heavy atom. The van der Waals surface area contributed by atoms with Crippen LogP contribution in [0.1, 0.15) is 39.5 Å². The first-order valence-corrected chi connectivity index (χ1v) is 7.90. The van der Waals surface area contributed by atoms with Crippen LogP contribution in [0.15, 0.2) is 24.3 Å². The molecule has 1 N–H and O–H groups in total. The summed E-state index contributed by atoms with van der Waals surface area (Å²) < 4.78 is 13.1. The minimum absolute atomic E-state index is 0.159. The van der Waals surface area contributed by atoms with Crippen LogP contribution in [0.4, 0.5) is 10.1 Å². The van der Waals surface area contributed by atoms with E-state index < -0.39 is 0 Å². The second-order valence-corrected chi connectivity index (χ2v) is 5.98. The number of halogens is 1. The van der Waals surface area contributed by atoms with Crippen molar-refractivity contribution in [1.82, 2.24) is 5.32 Å². The van der Waals surface area contributed by atoms with Gasteiger partial charge in [-0.25, -0.2) is 4.39 Å². The van der Waals surface area contributed by atoms with Crippen molar-refractivity contribution in [3.05, 3.63) is 30.1 Å². The maximum Gasteiger partial charge on any atom is 0.123 e. The zero-order chi connectivity index (χ0) is 14.4. The van der Waals surface area contributed by atoms with E-state index in [9.17, 15) is 4.39 Å². The van der Waals surface area contributed by atoms with Crippen molar-refractivity contribution in [3.8, 4) is 0 Å². The van der Waals surface area contributed by atoms with Gasteiger partial charge in [0, 0.05) is 30.7 Å². The van der Waals surface area contributed by atoms with Crippen LogP contribution in [-0.4, -0.2) is 26.2 Å². The molecule has 112 valence electrons. The fraction of sp³-hybridized carbons (Fsp3) is 0.647. The lowest BCUT2D eigenvalue weighted by atomic mass is 9.85. The van der Waals surface area contributed by atoms with Gasteiger partial charge in [0.05, 0.1) is 0 Å². The van der Waals surface area contributed by atoms with Crippen molar-refractivity contribution in [2.45, 2.75) is 39.5 Å². The summed E-state index contributed by atoms with van der Waals surface area (Å²) in [6.45, 7) is 8.52. The van der Waals surface area contributed by atoms with Crippen molar-refractivity contribution in [2.24, 2.45) is 5.41 Å². The molecular formula is C17H27FN2. The molecule has 1 saturated carbocycles. The van der Waals surface area contributed by atoms with Crippen LogP contribution < -0.4 is 10.2 Å². The molecule has 20 heavy (non-hydrogen) atoms. The lowest BCUT2D eigenvalue weighted by Gasteiger charge is -2.36. The van der Waals surface area contributed by atoms with E-state index in [0.29, 0.717) is 5.41 Å². The zero-order valence-corrected chi connectivity index (χ0v) is 12.8. The van der Waals surface area contributed by atoms with Crippen LogP contribution >= 0.6 is 0 Å². The van der Waals surface area contributed by atoms with Gasteiger partial charge in [-0.3, -0.25) is 0 Å². The zero-order valence-electron chi connectivity index (χ0n) is 12.8. The third-order valence-electron chi connectivity index (χ3n) is 4.51. The van der Waals surface area contributed by atoms with Crippen LogP contribution in [0.5, 0.6) is 0 Å². The van der Waals surface area contributed by atoms with Gasteiger partial charge in [-0.15, -0.1) is 0 Å². The number of benzene rings is 1. The van der Waals surface area contributed by atoms with Gasteiger partial charge in [-0.05, 0) is 50.6 Å². The first-order valence-electron chi connectivity index (χ1n) is 7.90. The number of hydrogen-bond acceptors (Lipinski definition) is 2. The summed E-state index contributed by atoms with van der Waals surface area (Å²) in [6.07, 6.45) is 5.29. The van der Waals surface area contributed by atoms with Crippen LogP contribution in [0, 0.1) is 11.2 Å². The van der Waals surface area contributed by atoms with Crippen molar-refractivity contribution < 1.29 is 4.39 Å². The molecule has 0 atom stereocenters. The van der Waals surface area contributed by atoms with Gasteiger partial charge in [0.1, 0.15) is 5.82 Å². The van der Waals surface area contributed by atoms with Crippen LogP contribution in [0.25, 0.3) is 0 Å². The average molecular weight is 278 g/mol. The predicted octanol–water partition coefficient (Wildman–Crippen LogP) is 3.82. The molecule has 1 aromatic rings. The molecule has 0 aliphatic heterocycles. The molecule has 0 bridgehead atoms. The quantitative estimate of drug-likeness (QED) is 0.815. The van der Waals surface area contributed by atoms with E-state index >= 15 is 0 Å². The summed E-state index contributed by atoms with van der Waals surface area (Å²) in [6, 6.07) is 6.91. The Kier molecular flexibility index (Phi) is 5.41. The van der Waals surface area contributed by atoms with E-state index in [1.54, 1.807) is 12.1 Å². The normalized spacial score (nSPS) is 17.4. The molecule has 0 heterocycles. The van der Waals surface area contributed by atoms with E-state index in [0.717, 1.165) is 31.9 Å². The Morgan fingerprint density at radius 3 is 2.35 bits per heavy atom. The standard InChI is InChI=1S/C17H27FN2/c1-3-19-13-17(11-5-6-12-17)14-20(4-2)16-9-7-15(18)8-10-16/h7-10,19H,3-6,11-14H2,1-2H3. The summed E-state index contributed by atoms with van der Waals surface area (Å²) in [4.78, 5) is 2.39. The highest BCUT2D eigenvalue weighted by Gasteiger charge is 2.34. The molecule has 0 aromatic heterocycles. The molecule has 2 nitrogen and oxygen atoms in total. The molecule has 0 unspecified atom stereocenters. The Balaban J connectivity index is 2.08.